The second-order valence-electron chi connectivity index (χ2n) is 9.98. The minimum absolute atomic E-state index is 0.0470. The average molecular weight is 461 g/mol. The summed E-state index contributed by atoms with van der Waals surface area (Å²) in [6, 6.07) is 4.22. The molecule has 1 amide bonds. The molecule has 3 fully saturated rings. The Hall–Kier alpha value is -3.20. The van der Waals surface area contributed by atoms with E-state index in [2.05, 4.69) is 48.7 Å². The van der Waals surface area contributed by atoms with E-state index in [0.29, 0.717) is 24.4 Å². The van der Waals surface area contributed by atoms with Crippen LogP contribution in [0.15, 0.2) is 30.6 Å². The normalized spacial score (nSPS) is 25.5. The second kappa shape index (κ2) is 8.54. The fraction of sp³-hybridized carbons (Fsp3) is 0.520. The van der Waals surface area contributed by atoms with Gasteiger partial charge >= 0.3 is 0 Å². The number of piperazine rings is 2. The van der Waals surface area contributed by atoms with Crippen LogP contribution in [0, 0.1) is 0 Å². The van der Waals surface area contributed by atoms with Crippen LogP contribution in [-0.2, 0) is 4.79 Å². The molecule has 9 heteroatoms. The fourth-order valence-corrected chi connectivity index (χ4v) is 5.89. The van der Waals surface area contributed by atoms with Crippen molar-refractivity contribution in [1.29, 1.82) is 0 Å². The van der Waals surface area contributed by atoms with Crippen molar-refractivity contribution in [1.82, 2.24) is 25.6 Å². The highest BCUT2D eigenvalue weighted by molar-refractivity contribution is 5.93. The lowest BCUT2D eigenvalue weighted by Crippen LogP contribution is -2.69. The molecule has 6 rings (SSSR count). The Kier molecular flexibility index (Phi) is 5.36. The quantitative estimate of drug-likeness (QED) is 0.643. The number of nitrogens with zero attached hydrogens (tertiary/aromatic N) is 5. The molecule has 2 aromatic rings. The highest BCUT2D eigenvalue weighted by atomic mass is 16.2. The van der Waals surface area contributed by atoms with E-state index in [1.807, 2.05) is 30.6 Å². The van der Waals surface area contributed by atoms with Crippen LogP contribution < -0.4 is 25.8 Å². The SMILES string of the molecule is C[C@H]1CN(c2ccc(Nc3ncc4c(n3)N3C(C=C4)C(=O)NCC34CCCCC4)nc2)CCN1. The van der Waals surface area contributed by atoms with Gasteiger partial charge in [-0.05, 0) is 31.9 Å². The predicted octanol–water partition coefficient (Wildman–Crippen LogP) is 2.45. The van der Waals surface area contributed by atoms with Gasteiger partial charge in [0.25, 0.3) is 0 Å². The zero-order valence-electron chi connectivity index (χ0n) is 19.6. The van der Waals surface area contributed by atoms with E-state index in [-0.39, 0.29) is 17.5 Å². The van der Waals surface area contributed by atoms with Crippen LogP contribution in [0.4, 0.5) is 23.3 Å². The number of carbonyl (C=O) groups is 1. The number of amides is 1. The van der Waals surface area contributed by atoms with Crippen molar-refractivity contribution in [3.63, 3.8) is 0 Å². The second-order valence-corrected chi connectivity index (χ2v) is 9.98. The lowest BCUT2D eigenvalue weighted by atomic mass is 9.77. The van der Waals surface area contributed by atoms with Gasteiger partial charge in [0.05, 0.1) is 17.4 Å². The Morgan fingerprint density at radius 1 is 1.15 bits per heavy atom. The smallest absolute Gasteiger partial charge is 0.246 e. The zero-order valence-corrected chi connectivity index (χ0v) is 19.6. The van der Waals surface area contributed by atoms with Crippen molar-refractivity contribution >= 4 is 35.3 Å². The molecule has 3 aliphatic heterocycles. The van der Waals surface area contributed by atoms with Crippen molar-refractivity contribution in [2.24, 2.45) is 0 Å². The van der Waals surface area contributed by atoms with Crippen molar-refractivity contribution in [3.8, 4) is 0 Å². The summed E-state index contributed by atoms with van der Waals surface area (Å²) in [5.74, 6) is 2.10. The van der Waals surface area contributed by atoms with Gasteiger partial charge in [-0.3, -0.25) is 4.79 Å². The number of nitrogens with one attached hydrogen (secondary N) is 3. The molecule has 2 atom stereocenters. The van der Waals surface area contributed by atoms with Gasteiger partial charge in [0.15, 0.2) is 0 Å². The molecule has 0 radical (unpaired) electrons. The number of aromatic nitrogens is 3. The molecular formula is C25H32N8O. The predicted molar refractivity (Wildman–Crippen MR) is 133 cm³/mol. The maximum absolute atomic E-state index is 12.7. The fourth-order valence-electron chi connectivity index (χ4n) is 5.89. The summed E-state index contributed by atoms with van der Waals surface area (Å²) in [5, 5.41) is 9.90. The van der Waals surface area contributed by atoms with Crippen molar-refractivity contribution in [2.45, 2.75) is 56.7 Å². The van der Waals surface area contributed by atoms with Crippen molar-refractivity contribution in [3.05, 3.63) is 36.2 Å². The summed E-state index contributed by atoms with van der Waals surface area (Å²) in [6.45, 7) is 5.81. The van der Waals surface area contributed by atoms with Gasteiger partial charge in [0, 0.05) is 44.0 Å². The summed E-state index contributed by atoms with van der Waals surface area (Å²) in [4.78, 5) is 31.4. The molecule has 2 aromatic heterocycles. The van der Waals surface area contributed by atoms with Crippen LogP contribution in [0.2, 0.25) is 0 Å². The van der Waals surface area contributed by atoms with E-state index in [4.69, 9.17) is 4.98 Å². The summed E-state index contributed by atoms with van der Waals surface area (Å²) >= 11 is 0. The van der Waals surface area contributed by atoms with Gasteiger partial charge < -0.3 is 25.8 Å². The van der Waals surface area contributed by atoms with Gasteiger partial charge in [-0.1, -0.05) is 31.4 Å². The Bertz CT molecular complexity index is 1090. The van der Waals surface area contributed by atoms with E-state index >= 15 is 0 Å². The first-order valence-corrected chi connectivity index (χ1v) is 12.5. The van der Waals surface area contributed by atoms with Crippen molar-refractivity contribution in [2.75, 3.05) is 41.3 Å². The van der Waals surface area contributed by atoms with Crippen LogP contribution >= 0.6 is 0 Å². The number of pyridine rings is 1. The van der Waals surface area contributed by atoms with Gasteiger partial charge in [0.1, 0.15) is 17.7 Å². The summed E-state index contributed by atoms with van der Waals surface area (Å²) < 4.78 is 0. The van der Waals surface area contributed by atoms with Crippen LogP contribution in [-0.4, -0.2) is 64.7 Å². The van der Waals surface area contributed by atoms with Gasteiger partial charge in [-0.25, -0.2) is 9.97 Å². The van der Waals surface area contributed by atoms with Crippen LogP contribution in [0.3, 0.4) is 0 Å². The average Bonchev–Trinajstić information content (AvgIpc) is 2.87. The lowest BCUT2D eigenvalue weighted by molar-refractivity contribution is -0.123. The molecule has 5 heterocycles. The third-order valence-corrected chi connectivity index (χ3v) is 7.64. The minimum Gasteiger partial charge on any atom is -0.367 e. The monoisotopic (exact) mass is 460 g/mol. The standard InChI is InChI=1S/C25H32N8O/c1-17-15-32(12-11-26-17)19-6-8-21(27-14-19)30-24-28-13-18-5-7-20-23(34)29-16-25(9-3-2-4-10-25)33(20)22(18)31-24/h5-8,13-14,17,20,26H,2-4,9-12,15-16H2,1H3,(H,29,34)(H,27,28,30,31)/t17-,20?/m0/s1. The third-order valence-electron chi connectivity index (χ3n) is 7.64. The van der Waals surface area contributed by atoms with Crippen LogP contribution in [0.25, 0.3) is 6.08 Å². The molecule has 2 saturated heterocycles. The number of carbonyl (C=O) groups excluding carboxylic acids is 1. The van der Waals surface area contributed by atoms with E-state index in [1.165, 1.54) is 19.3 Å². The Labute approximate surface area is 200 Å². The van der Waals surface area contributed by atoms with Gasteiger partial charge in [0.2, 0.25) is 11.9 Å². The molecule has 1 saturated carbocycles. The molecule has 1 aliphatic carbocycles. The molecule has 3 N–H and O–H groups in total. The number of hydrogen-bond donors (Lipinski definition) is 3. The van der Waals surface area contributed by atoms with E-state index in [9.17, 15) is 4.79 Å². The first-order valence-electron chi connectivity index (χ1n) is 12.5. The lowest BCUT2D eigenvalue weighted by Gasteiger charge is -2.54. The Balaban J connectivity index is 1.26. The molecule has 1 spiro atoms. The number of anilines is 4. The van der Waals surface area contributed by atoms with E-state index < -0.39 is 0 Å². The molecule has 34 heavy (non-hydrogen) atoms. The van der Waals surface area contributed by atoms with Crippen LogP contribution in [0.1, 0.15) is 44.6 Å². The number of rotatable bonds is 3. The first kappa shape index (κ1) is 21.3. The largest absolute Gasteiger partial charge is 0.367 e. The highest BCUT2D eigenvalue weighted by Gasteiger charge is 2.49. The molecular weight excluding hydrogens is 428 g/mol. The minimum atomic E-state index is -0.319. The highest BCUT2D eigenvalue weighted by Crippen LogP contribution is 2.42. The van der Waals surface area contributed by atoms with E-state index in [0.717, 1.165) is 49.5 Å². The summed E-state index contributed by atoms with van der Waals surface area (Å²) in [7, 11) is 0. The number of hydrogen-bond acceptors (Lipinski definition) is 8. The van der Waals surface area contributed by atoms with Crippen LogP contribution in [0.5, 0.6) is 0 Å². The summed E-state index contributed by atoms with van der Waals surface area (Å²) in [6.07, 6.45) is 13.5. The van der Waals surface area contributed by atoms with E-state index in [1.54, 1.807) is 0 Å². The Morgan fingerprint density at radius 3 is 2.82 bits per heavy atom. The third kappa shape index (κ3) is 3.77. The first-order chi connectivity index (χ1) is 16.6. The Morgan fingerprint density at radius 2 is 2.03 bits per heavy atom. The maximum Gasteiger partial charge on any atom is 0.246 e. The van der Waals surface area contributed by atoms with Gasteiger partial charge in [-0.15, -0.1) is 0 Å². The maximum atomic E-state index is 12.7. The number of fused-ring (bicyclic) bond motifs is 4. The molecule has 1 unspecified atom stereocenters. The molecule has 0 aromatic carbocycles. The summed E-state index contributed by atoms with van der Waals surface area (Å²) in [5.41, 5.74) is 2.00. The topological polar surface area (TPSA) is 98.3 Å². The molecule has 0 bridgehead atoms. The zero-order chi connectivity index (χ0) is 23.1. The molecule has 178 valence electrons. The van der Waals surface area contributed by atoms with Gasteiger partial charge in [-0.2, -0.15) is 4.98 Å². The van der Waals surface area contributed by atoms with Crippen molar-refractivity contribution < 1.29 is 4.79 Å². The molecule has 4 aliphatic rings. The molecule has 9 nitrogen and oxygen atoms in total.